The first-order chi connectivity index (χ1) is 6.59. The maximum absolute atomic E-state index is 11.4. The number of carbonyl (C=O) groups excluding carboxylic acids is 1. The Morgan fingerprint density at radius 1 is 1.50 bits per heavy atom. The molecule has 2 heterocycles. The fraction of sp³-hybridized carbons (Fsp3) is 0.900. The highest BCUT2D eigenvalue weighted by molar-refractivity contribution is 5.77. The van der Waals surface area contributed by atoms with Crippen molar-refractivity contribution >= 4 is 6.03 Å². The van der Waals surface area contributed by atoms with Gasteiger partial charge >= 0.3 is 6.03 Å². The molecule has 4 heteroatoms. The standard InChI is InChI=1S/C10H19N3O/c1-7(2)13-5-4-8-9(6-13)12(3)10(14)11-8/h7-9H,4-6H2,1-3H3,(H,11,14)/t8-,9+/m0/s1. The normalized spacial score (nSPS) is 33.4. The Morgan fingerprint density at radius 3 is 2.86 bits per heavy atom. The van der Waals surface area contributed by atoms with Gasteiger partial charge in [-0.15, -0.1) is 0 Å². The van der Waals surface area contributed by atoms with Crippen molar-refractivity contribution in [3.63, 3.8) is 0 Å². The molecule has 4 nitrogen and oxygen atoms in total. The minimum atomic E-state index is 0.0885. The predicted octanol–water partition coefficient (Wildman–Crippen LogP) is 0.493. The molecule has 2 aliphatic heterocycles. The van der Waals surface area contributed by atoms with Gasteiger partial charge in [-0.1, -0.05) is 0 Å². The van der Waals surface area contributed by atoms with E-state index in [1.54, 1.807) is 0 Å². The maximum atomic E-state index is 11.4. The number of amides is 2. The summed E-state index contributed by atoms with van der Waals surface area (Å²) in [6.07, 6.45) is 1.08. The third-order valence-electron chi connectivity index (χ3n) is 3.47. The lowest BCUT2D eigenvalue weighted by Gasteiger charge is -2.38. The molecular weight excluding hydrogens is 178 g/mol. The van der Waals surface area contributed by atoms with Crippen LogP contribution >= 0.6 is 0 Å². The minimum absolute atomic E-state index is 0.0885. The first-order valence-corrected chi connectivity index (χ1v) is 5.37. The Kier molecular flexibility index (Phi) is 2.39. The van der Waals surface area contributed by atoms with Crippen LogP contribution in [0.15, 0.2) is 0 Å². The van der Waals surface area contributed by atoms with Crippen LogP contribution in [0.5, 0.6) is 0 Å². The fourth-order valence-corrected chi connectivity index (χ4v) is 2.40. The Balaban J connectivity index is 2.05. The monoisotopic (exact) mass is 197 g/mol. The number of rotatable bonds is 1. The van der Waals surface area contributed by atoms with E-state index in [4.69, 9.17) is 0 Å². The highest BCUT2D eigenvalue weighted by atomic mass is 16.2. The summed E-state index contributed by atoms with van der Waals surface area (Å²) in [4.78, 5) is 15.7. The van der Waals surface area contributed by atoms with Gasteiger partial charge in [-0.05, 0) is 20.3 Å². The van der Waals surface area contributed by atoms with Crippen molar-refractivity contribution in [3.8, 4) is 0 Å². The zero-order valence-electron chi connectivity index (χ0n) is 9.16. The van der Waals surface area contributed by atoms with Gasteiger partial charge in [0.15, 0.2) is 0 Å². The van der Waals surface area contributed by atoms with Crippen LogP contribution in [0.1, 0.15) is 20.3 Å². The number of likely N-dealkylation sites (tertiary alicyclic amines) is 1. The molecular formula is C10H19N3O. The molecule has 2 saturated heterocycles. The molecule has 0 radical (unpaired) electrons. The van der Waals surface area contributed by atoms with E-state index in [1.165, 1.54) is 0 Å². The Morgan fingerprint density at radius 2 is 2.21 bits per heavy atom. The lowest BCUT2D eigenvalue weighted by molar-refractivity contribution is 0.118. The Labute approximate surface area is 85.2 Å². The van der Waals surface area contributed by atoms with Gasteiger partial charge in [0.2, 0.25) is 0 Å². The van der Waals surface area contributed by atoms with Gasteiger partial charge in [-0.2, -0.15) is 0 Å². The Bertz CT molecular complexity index is 242. The van der Waals surface area contributed by atoms with Crippen LogP contribution in [-0.4, -0.2) is 54.1 Å². The largest absolute Gasteiger partial charge is 0.333 e. The van der Waals surface area contributed by atoms with Crippen molar-refractivity contribution in [3.05, 3.63) is 0 Å². The molecule has 2 rings (SSSR count). The second-order valence-electron chi connectivity index (χ2n) is 4.61. The predicted molar refractivity (Wildman–Crippen MR) is 55.2 cm³/mol. The van der Waals surface area contributed by atoms with Crippen LogP contribution in [0.4, 0.5) is 4.79 Å². The summed E-state index contributed by atoms with van der Waals surface area (Å²) < 4.78 is 0. The van der Waals surface area contributed by atoms with Gasteiger partial charge in [-0.25, -0.2) is 4.79 Å². The third kappa shape index (κ3) is 1.47. The summed E-state index contributed by atoms with van der Waals surface area (Å²) in [6, 6.07) is 1.42. The summed E-state index contributed by atoms with van der Waals surface area (Å²) in [5, 5.41) is 3.03. The fourth-order valence-electron chi connectivity index (χ4n) is 2.40. The highest BCUT2D eigenvalue weighted by Gasteiger charge is 2.40. The van der Waals surface area contributed by atoms with Gasteiger partial charge in [-0.3, -0.25) is 4.90 Å². The van der Waals surface area contributed by atoms with E-state index in [2.05, 4.69) is 24.1 Å². The van der Waals surface area contributed by atoms with E-state index in [-0.39, 0.29) is 6.03 Å². The summed E-state index contributed by atoms with van der Waals surface area (Å²) in [5.41, 5.74) is 0. The number of fused-ring (bicyclic) bond motifs is 1. The minimum Gasteiger partial charge on any atom is -0.333 e. The van der Waals surface area contributed by atoms with E-state index >= 15 is 0 Å². The molecule has 2 atom stereocenters. The highest BCUT2D eigenvalue weighted by Crippen LogP contribution is 2.21. The molecule has 2 fully saturated rings. The van der Waals surface area contributed by atoms with Crippen molar-refractivity contribution < 1.29 is 4.79 Å². The SMILES string of the molecule is CC(C)N1CC[C@@H]2NC(=O)N(C)[C@@H]2C1. The van der Waals surface area contributed by atoms with E-state index in [0.29, 0.717) is 18.1 Å². The number of piperidine rings is 1. The molecule has 1 N–H and O–H groups in total. The number of hydrogen-bond donors (Lipinski definition) is 1. The quantitative estimate of drug-likeness (QED) is 0.664. The van der Waals surface area contributed by atoms with Gasteiger partial charge in [0.05, 0.1) is 12.1 Å². The molecule has 0 spiro atoms. The molecule has 0 bridgehead atoms. The van der Waals surface area contributed by atoms with Crippen molar-refractivity contribution in [2.24, 2.45) is 0 Å². The Hall–Kier alpha value is -0.770. The second-order valence-corrected chi connectivity index (χ2v) is 4.61. The molecule has 14 heavy (non-hydrogen) atoms. The lowest BCUT2D eigenvalue weighted by Crippen LogP contribution is -2.52. The maximum Gasteiger partial charge on any atom is 0.317 e. The topological polar surface area (TPSA) is 35.6 Å². The first kappa shape index (κ1) is 9.77. The van der Waals surface area contributed by atoms with Crippen LogP contribution < -0.4 is 5.32 Å². The van der Waals surface area contributed by atoms with E-state index in [9.17, 15) is 4.79 Å². The molecule has 80 valence electrons. The number of nitrogens with zero attached hydrogens (tertiary/aromatic N) is 2. The van der Waals surface area contributed by atoms with Gasteiger partial charge in [0.25, 0.3) is 0 Å². The number of nitrogens with one attached hydrogen (secondary N) is 1. The van der Waals surface area contributed by atoms with Gasteiger partial charge in [0, 0.05) is 26.2 Å². The summed E-state index contributed by atoms with van der Waals surface area (Å²) >= 11 is 0. The number of likely N-dealkylation sites (N-methyl/N-ethyl adjacent to an activating group) is 1. The van der Waals surface area contributed by atoms with E-state index in [1.807, 2.05) is 11.9 Å². The van der Waals surface area contributed by atoms with Gasteiger partial charge in [0.1, 0.15) is 0 Å². The summed E-state index contributed by atoms with van der Waals surface area (Å²) in [7, 11) is 1.89. The number of urea groups is 1. The number of hydrogen-bond acceptors (Lipinski definition) is 2. The first-order valence-electron chi connectivity index (χ1n) is 5.37. The zero-order chi connectivity index (χ0) is 10.3. The van der Waals surface area contributed by atoms with Crippen LogP contribution in [0, 0.1) is 0 Å². The molecule has 0 aliphatic carbocycles. The molecule has 2 amide bonds. The molecule has 0 aromatic rings. The molecule has 0 aromatic carbocycles. The van der Waals surface area contributed by atoms with Crippen LogP contribution in [0.2, 0.25) is 0 Å². The average molecular weight is 197 g/mol. The zero-order valence-corrected chi connectivity index (χ0v) is 9.16. The summed E-state index contributed by atoms with van der Waals surface area (Å²) in [6.45, 7) is 6.54. The van der Waals surface area contributed by atoms with E-state index in [0.717, 1.165) is 19.5 Å². The van der Waals surface area contributed by atoms with Crippen LogP contribution in [-0.2, 0) is 0 Å². The van der Waals surface area contributed by atoms with Crippen molar-refractivity contribution in [2.75, 3.05) is 20.1 Å². The van der Waals surface area contributed by atoms with Gasteiger partial charge < -0.3 is 10.2 Å². The smallest absolute Gasteiger partial charge is 0.317 e. The molecule has 2 aliphatic rings. The second kappa shape index (κ2) is 3.42. The third-order valence-corrected chi connectivity index (χ3v) is 3.47. The van der Waals surface area contributed by atoms with E-state index < -0.39 is 0 Å². The van der Waals surface area contributed by atoms with Crippen molar-refractivity contribution in [1.29, 1.82) is 0 Å². The lowest BCUT2D eigenvalue weighted by atomic mass is 9.99. The van der Waals surface area contributed by atoms with Crippen molar-refractivity contribution in [1.82, 2.24) is 15.1 Å². The average Bonchev–Trinajstić information content (AvgIpc) is 2.43. The van der Waals surface area contributed by atoms with Crippen molar-refractivity contribution in [2.45, 2.75) is 38.4 Å². The van der Waals surface area contributed by atoms with Crippen LogP contribution in [0.3, 0.4) is 0 Å². The number of carbonyl (C=O) groups is 1. The molecule has 0 saturated carbocycles. The van der Waals surface area contributed by atoms with Crippen LogP contribution in [0.25, 0.3) is 0 Å². The molecule has 0 unspecified atom stereocenters. The molecule has 0 aromatic heterocycles. The summed E-state index contributed by atoms with van der Waals surface area (Å²) in [5.74, 6) is 0.